The largest absolute Gasteiger partial charge is 0.103 e. The lowest BCUT2D eigenvalue weighted by Gasteiger charge is -2.26. The van der Waals surface area contributed by atoms with Gasteiger partial charge in [0.2, 0.25) is 0 Å². The van der Waals surface area contributed by atoms with E-state index < -0.39 is 0 Å². The third-order valence-corrected chi connectivity index (χ3v) is 10.3. The summed E-state index contributed by atoms with van der Waals surface area (Å²) in [5, 5.41) is 2.56. The second-order valence-corrected chi connectivity index (χ2v) is 14.4. The lowest BCUT2D eigenvalue weighted by molar-refractivity contribution is 0.829. The predicted molar refractivity (Wildman–Crippen MR) is 251 cm³/mol. The Labute approximate surface area is 341 Å². The van der Waals surface area contributed by atoms with Crippen LogP contribution >= 0.6 is 0 Å². The first-order valence-electron chi connectivity index (χ1n) is 20.2. The minimum absolute atomic E-state index is 0.195. The molecule has 0 spiro atoms. The van der Waals surface area contributed by atoms with Gasteiger partial charge in [-0.3, -0.25) is 0 Å². The summed E-state index contributed by atoms with van der Waals surface area (Å²) in [5.74, 6) is 0.450. The number of hydrogen-bond acceptors (Lipinski definition) is 0. The summed E-state index contributed by atoms with van der Waals surface area (Å²) >= 11 is 0. The fourth-order valence-electron chi connectivity index (χ4n) is 7.63. The van der Waals surface area contributed by atoms with E-state index in [1.54, 1.807) is 0 Å². The summed E-state index contributed by atoms with van der Waals surface area (Å²) in [7, 11) is 0. The highest BCUT2D eigenvalue weighted by Crippen LogP contribution is 2.42. The summed E-state index contributed by atoms with van der Waals surface area (Å²) in [4.78, 5) is 0. The molecule has 0 nitrogen and oxygen atoms in total. The predicted octanol–water partition coefficient (Wildman–Crippen LogP) is 15.9. The molecule has 0 bridgehead atoms. The van der Waals surface area contributed by atoms with Crippen molar-refractivity contribution in [1.29, 1.82) is 0 Å². The fraction of sp³-hybridized carbons (Fsp3) is 0.123. The number of fused-ring (bicyclic) bond motifs is 1. The monoisotopic (exact) mass is 738 g/mol. The van der Waals surface area contributed by atoms with E-state index in [1.807, 2.05) is 25.2 Å². The Morgan fingerprint density at radius 2 is 1.32 bits per heavy atom. The van der Waals surface area contributed by atoms with E-state index >= 15 is 0 Å². The normalized spacial score (nSPS) is 15.7. The highest BCUT2D eigenvalue weighted by molar-refractivity contribution is 6.00. The minimum atomic E-state index is 0.195. The van der Waals surface area contributed by atoms with Crippen LogP contribution in [0.4, 0.5) is 0 Å². The van der Waals surface area contributed by atoms with Crippen molar-refractivity contribution in [2.24, 2.45) is 0 Å². The van der Waals surface area contributed by atoms with Crippen molar-refractivity contribution in [3.8, 4) is 0 Å². The lowest BCUT2D eigenvalue weighted by atomic mass is 9.78. The lowest BCUT2D eigenvalue weighted by Crippen LogP contribution is -2.08. The van der Waals surface area contributed by atoms with Gasteiger partial charge in [0.15, 0.2) is 0 Å². The molecule has 0 fully saturated rings. The molecule has 6 rings (SSSR count). The second-order valence-electron chi connectivity index (χ2n) is 14.4. The van der Waals surface area contributed by atoms with E-state index in [4.69, 9.17) is 0 Å². The topological polar surface area (TPSA) is 0 Å². The molecule has 0 amide bonds. The molecule has 282 valence electrons. The van der Waals surface area contributed by atoms with Gasteiger partial charge in [-0.15, -0.1) is 6.58 Å². The Morgan fingerprint density at radius 3 is 1.95 bits per heavy atom. The van der Waals surface area contributed by atoms with Crippen LogP contribution in [0.15, 0.2) is 236 Å². The number of rotatable bonds is 15. The average molecular weight is 739 g/mol. The van der Waals surface area contributed by atoms with E-state index in [-0.39, 0.29) is 11.8 Å². The number of benzene rings is 5. The van der Waals surface area contributed by atoms with Crippen molar-refractivity contribution >= 4 is 28.0 Å². The third-order valence-electron chi connectivity index (χ3n) is 10.3. The van der Waals surface area contributed by atoms with Crippen LogP contribution in [-0.2, 0) is 0 Å². The highest BCUT2D eigenvalue weighted by Gasteiger charge is 2.23. The molecule has 0 saturated carbocycles. The van der Waals surface area contributed by atoms with Crippen molar-refractivity contribution in [2.75, 3.05) is 0 Å². The number of allylic oxidation sites excluding steroid dienone is 20. The maximum absolute atomic E-state index is 4.20. The molecule has 0 aliphatic heterocycles. The Balaban J connectivity index is 1.41. The average Bonchev–Trinajstić information content (AvgIpc) is 3.26. The first kappa shape index (κ1) is 40.2. The van der Waals surface area contributed by atoms with E-state index in [9.17, 15) is 0 Å². The fourth-order valence-corrected chi connectivity index (χ4v) is 7.63. The quantitative estimate of drug-likeness (QED) is 0.0741. The third kappa shape index (κ3) is 10.6. The van der Waals surface area contributed by atoms with Crippen LogP contribution in [0.5, 0.6) is 0 Å². The Hall–Kier alpha value is -6.50. The zero-order valence-corrected chi connectivity index (χ0v) is 33.6. The van der Waals surface area contributed by atoms with E-state index in [2.05, 4.69) is 227 Å². The molecule has 0 saturated heterocycles. The van der Waals surface area contributed by atoms with Crippen LogP contribution in [0, 0.1) is 0 Å². The van der Waals surface area contributed by atoms with Crippen LogP contribution < -0.4 is 0 Å². The van der Waals surface area contributed by atoms with Gasteiger partial charge in [-0.2, -0.15) is 0 Å². The molecule has 5 aromatic carbocycles. The summed E-state index contributed by atoms with van der Waals surface area (Å²) in [5.41, 5.74) is 12.6. The summed E-state index contributed by atoms with van der Waals surface area (Å²) in [6, 6.07) is 43.7. The van der Waals surface area contributed by atoms with Gasteiger partial charge in [0.25, 0.3) is 0 Å². The van der Waals surface area contributed by atoms with Gasteiger partial charge in [-0.25, -0.2) is 0 Å². The van der Waals surface area contributed by atoms with Crippen LogP contribution in [0.2, 0.25) is 0 Å². The maximum Gasteiger partial charge on any atom is 0.0336 e. The smallest absolute Gasteiger partial charge is 0.0336 e. The molecule has 1 aliphatic rings. The Kier molecular flexibility index (Phi) is 14.8. The molecular formula is C57H54. The first-order chi connectivity index (χ1) is 28.1. The Bertz CT molecular complexity index is 2380. The molecular weight excluding hydrogens is 685 g/mol. The summed E-state index contributed by atoms with van der Waals surface area (Å²) < 4.78 is 0. The van der Waals surface area contributed by atoms with Crippen LogP contribution in [-0.4, -0.2) is 0 Å². The van der Waals surface area contributed by atoms with Crippen molar-refractivity contribution in [3.63, 3.8) is 0 Å². The van der Waals surface area contributed by atoms with Crippen molar-refractivity contribution < 1.29 is 0 Å². The molecule has 0 radical (unpaired) electrons. The molecule has 1 unspecified atom stereocenters. The van der Waals surface area contributed by atoms with Gasteiger partial charge < -0.3 is 0 Å². The molecule has 0 aromatic heterocycles. The van der Waals surface area contributed by atoms with Gasteiger partial charge in [0, 0.05) is 11.8 Å². The van der Waals surface area contributed by atoms with Crippen molar-refractivity contribution in [1.82, 2.24) is 0 Å². The molecule has 0 heterocycles. The second kappa shape index (κ2) is 21.0. The SMILES string of the molecule is C=CC\C(=C/C=C(C)/C=C(\C=C\C=C/C=C\C)c1ccccc1)c1c(/C=C\C=C/C)cc(C2C=CC(C(c3ccccc3)c3ccccc3)=CC2)c2ccccc12. The van der Waals surface area contributed by atoms with Crippen molar-refractivity contribution in [3.05, 3.63) is 270 Å². The van der Waals surface area contributed by atoms with Gasteiger partial charge in [-0.1, -0.05) is 224 Å². The van der Waals surface area contributed by atoms with Gasteiger partial charge in [0.1, 0.15) is 0 Å². The zero-order valence-electron chi connectivity index (χ0n) is 33.6. The molecule has 57 heavy (non-hydrogen) atoms. The maximum atomic E-state index is 4.20. The molecule has 1 atom stereocenters. The van der Waals surface area contributed by atoms with Crippen LogP contribution in [0.3, 0.4) is 0 Å². The van der Waals surface area contributed by atoms with E-state index in [0.717, 1.165) is 18.4 Å². The minimum Gasteiger partial charge on any atom is -0.103 e. The van der Waals surface area contributed by atoms with Gasteiger partial charge >= 0.3 is 0 Å². The zero-order chi connectivity index (χ0) is 39.7. The molecule has 1 aliphatic carbocycles. The summed E-state index contributed by atoms with van der Waals surface area (Å²) in [6.07, 6.45) is 38.9. The van der Waals surface area contributed by atoms with Crippen LogP contribution in [0.1, 0.15) is 78.8 Å². The van der Waals surface area contributed by atoms with Gasteiger partial charge in [-0.05, 0) is 101 Å². The highest BCUT2D eigenvalue weighted by atomic mass is 14.3. The number of hydrogen-bond donors (Lipinski definition) is 0. The Morgan fingerprint density at radius 1 is 0.702 bits per heavy atom. The molecule has 5 aromatic rings. The summed E-state index contributed by atoms with van der Waals surface area (Å²) in [6.45, 7) is 10.5. The first-order valence-corrected chi connectivity index (χ1v) is 20.2. The standard InChI is InChI=1S/C57H54/c1-5-8-10-11-16-32-51(45-26-17-12-18-27-45)42-44(4)36-37-47(25-7-3)57-52(33-15-9-6-2)43-55(53-34-23-24-35-54(53)57)46-38-40-50(41-39-46)56(48-28-19-13-20-29-48)49-30-21-14-22-31-49/h5-24,26-38,40-43,46,56H,3,25,39H2,1-2,4H3/b8-5-,9-6-,11-10-,32-16+,33-15-,44-36+,47-37+,51-42+. The van der Waals surface area contributed by atoms with Crippen LogP contribution in [0.25, 0.3) is 28.0 Å². The van der Waals surface area contributed by atoms with Gasteiger partial charge in [0.05, 0.1) is 0 Å². The molecule has 0 heteroatoms. The molecule has 0 N–H and O–H groups in total. The van der Waals surface area contributed by atoms with E-state index in [1.165, 1.54) is 60.9 Å². The van der Waals surface area contributed by atoms with E-state index in [0.29, 0.717) is 0 Å². The van der Waals surface area contributed by atoms with Crippen molar-refractivity contribution in [2.45, 2.75) is 45.4 Å².